The normalized spacial score (nSPS) is 11.0. The highest BCUT2D eigenvalue weighted by molar-refractivity contribution is 6.35. The minimum Gasteiger partial charge on any atom is -0.477 e. The summed E-state index contributed by atoms with van der Waals surface area (Å²) in [7, 11) is 0. The van der Waals surface area contributed by atoms with Crippen LogP contribution in [0.3, 0.4) is 0 Å². The van der Waals surface area contributed by atoms with E-state index < -0.39 is 56.2 Å². The van der Waals surface area contributed by atoms with Gasteiger partial charge < -0.3 is 10.8 Å². The van der Waals surface area contributed by atoms with E-state index >= 15 is 0 Å². The van der Waals surface area contributed by atoms with Crippen molar-refractivity contribution in [3.05, 3.63) is 62.7 Å². The van der Waals surface area contributed by atoms with Crippen LogP contribution in [-0.2, 0) is 0 Å². The Labute approximate surface area is 141 Å². The lowest BCUT2D eigenvalue weighted by molar-refractivity contribution is 0.0695. The second-order valence-electron chi connectivity index (χ2n) is 4.97. The molecule has 0 aliphatic rings. The zero-order valence-electron chi connectivity index (χ0n) is 12.1. The number of halogens is 4. The minimum atomic E-state index is -1.65. The van der Waals surface area contributed by atoms with Crippen molar-refractivity contribution < 1.29 is 23.1 Å². The maximum absolute atomic E-state index is 14.2. The third kappa shape index (κ3) is 2.58. The Bertz CT molecular complexity index is 1110. The highest BCUT2D eigenvalue weighted by Gasteiger charge is 2.23. The molecule has 0 spiro atoms. The van der Waals surface area contributed by atoms with E-state index in [1.165, 1.54) is 0 Å². The molecule has 0 bridgehead atoms. The number of pyridine rings is 2. The second kappa shape index (κ2) is 5.78. The number of carboxylic acids is 1. The number of carbonyl (C=O) groups is 1. The van der Waals surface area contributed by atoms with Crippen molar-refractivity contribution in [3.63, 3.8) is 0 Å². The Morgan fingerprint density at radius 3 is 2.56 bits per heavy atom. The van der Waals surface area contributed by atoms with Crippen molar-refractivity contribution in [2.75, 3.05) is 5.73 Å². The first-order valence-electron chi connectivity index (χ1n) is 6.61. The highest BCUT2D eigenvalue weighted by atomic mass is 35.5. The summed E-state index contributed by atoms with van der Waals surface area (Å²) in [6.07, 6.45) is 0.723. The smallest absolute Gasteiger partial charge is 0.341 e. The van der Waals surface area contributed by atoms with Gasteiger partial charge in [0.25, 0.3) is 0 Å². The number of hydrogen-bond acceptors (Lipinski definition) is 4. The van der Waals surface area contributed by atoms with Gasteiger partial charge in [0.05, 0.1) is 10.9 Å². The number of hydrogen-bond donors (Lipinski definition) is 2. The SMILES string of the molecule is Nc1ccc(F)c(-n2cc(C(=O)O)c(=O)c3cc(F)c(F)c(Cl)c32)n1. The zero-order chi connectivity index (χ0) is 18.5. The quantitative estimate of drug-likeness (QED) is 0.677. The van der Waals surface area contributed by atoms with Crippen LogP contribution >= 0.6 is 11.6 Å². The summed E-state index contributed by atoms with van der Waals surface area (Å²) in [5, 5.41) is 7.79. The second-order valence-corrected chi connectivity index (χ2v) is 5.35. The Morgan fingerprint density at radius 2 is 1.92 bits per heavy atom. The van der Waals surface area contributed by atoms with Gasteiger partial charge in [-0.15, -0.1) is 0 Å². The topological polar surface area (TPSA) is 98.2 Å². The summed E-state index contributed by atoms with van der Waals surface area (Å²) in [5.41, 5.74) is 3.14. The van der Waals surface area contributed by atoms with Gasteiger partial charge in [0.1, 0.15) is 16.4 Å². The van der Waals surface area contributed by atoms with Crippen molar-refractivity contribution >= 4 is 34.3 Å². The molecule has 0 saturated carbocycles. The zero-order valence-corrected chi connectivity index (χ0v) is 12.8. The molecule has 0 atom stereocenters. The number of nitrogens with zero attached hydrogens (tertiary/aromatic N) is 2. The van der Waals surface area contributed by atoms with Crippen LogP contribution in [0.15, 0.2) is 29.2 Å². The molecular weight excluding hydrogens is 363 g/mol. The lowest BCUT2D eigenvalue weighted by Gasteiger charge is -2.14. The number of anilines is 1. The van der Waals surface area contributed by atoms with Gasteiger partial charge in [-0.05, 0) is 18.2 Å². The molecule has 0 fully saturated rings. The first-order valence-corrected chi connectivity index (χ1v) is 6.98. The summed E-state index contributed by atoms with van der Waals surface area (Å²) < 4.78 is 42.4. The highest BCUT2D eigenvalue weighted by Crippen LogP contribution is 2.30. The third-order valence-corrected chi connectivity index (χ3v) is 3.78. The fourth-order valence-electron chi connectivity index (χ4n) is 2.33. The molecular formula is C15H7ClF3N3O3. The van der Waals surface area contributed by atoms with Crippen LogP contribution in [-0.4, -0.2) is 20.6 Å². The number of fused-ring (bicyclic) bond motifs is 1. The summed E-state index contributed by atoms with van der Waals surface area (Å²) in [6.45, 7) is 0. The van der Waals surface area contributed by atoms with Gasteiger partial charge in [0, 0.05) is 6.20 Å². The maximum Gasteiger partial charge on any atom is 0.341 e. The molecule has 2 aromatic heterocycles. The van der Waals surface area contributed by atoms with E-state index in [0.717, 1.165) is 22.9 Å². The van der Waals surface area contributed by atoms with Crippen LogP contribution in [0, 0.1) is 17.5 Å². The molecule has 10 heteroatoms. The predicted molar refractivity (Wildman–Crippen MR) is 83.6 cm³/mol. The van der Waals surface area contributed by atoms with Gasteiger partial charge in [0.2, 0.25) is 5.43 Å². The standard InChI is InChI=1S/C15H7ClF3N3O3/c16-10-11(19)8(18)3-5-12(10)22(4-6(13(5)23)15(24)25)14-7(17)1-2-9(20)21-14/h1-4H,(H2,20,21)(H,24,25). The molecule has 0 unspecified atom stereocenters. The minimum absolute atomic E-state index is 0.126. The number of aromatic carboxylic acids is 1. The van der Waals surface area contributed by atoms with E-state index in [1.54, 1.807) is 0 Å². The summed E-state index contributed by atoms with van der Waals surface area (Å²) in [4.78, 5) is 27.2. The molecule has 25 heavy (non-hydrogen) atoms. The molecule has 0 radical (unpaired) electrons. The van der Waals surface area contributed by atoms with Gasteiger partial charge in [-0.1, -0.05) is 11.6 Å². The summed E-state index contributed by atoms with van der Waals surface area (Å²) >= 11 is 5.78. The van der Waals surface area contributed by atoms with E-state index in [-0.39, 0.29) is 5.82 Å². The predicted octanol–water partition coefficient (Wildman–Crippen LogP) is 2.74. The molecule has 0 aliphatic heterocycles. The molecule has 1 aromatic carbocycles. The van der Waals surface area contributed by atoms with Crippen LogP contribution in [0.4, 0.5) is 19.0 Å². The molecule has 0 saturated heterocycles. The first-order chi connectivity index (χ1) is 11.7. The van der Waals surface area contributed by atoms with E-state index in [0.29, 0.717) is 6.07 Å². The monoisotopic (exact) mass is 369 g/mol. The summed E-state index contributed by atoms with van der Waals surface area (Å²) in [6, 6.07) is 2.57. The van der Waals surface area contributed by atoms with Crippen molar-refractivity contribution in [2.24, 2.45) is 0 Å². The van der Waals surface area contributed by atoms with E-state index in [1.807, 2.05) is 0 Å². The van der Waals surface area contributed by atoms with Gasteiger partial charge in [-0.3, -0.25) is 9.36 Å². The lowest BCUT2D eigenvalue weighted by atomic mass is 10.1. The van der Waals surface area contributed by atoms with Crippen LogP contribution < -0.4 is 11.2 Å². The Morgan fingerprint density at radius 1 is 1.24 bits per heavy atom. The number of carboxylic acid groups (broad SMARTS) is 1. The van der Waals surface area contributed by atoms with Crippen molar-refractivity contribution in [2.45, 2.75) is 0 Å². The molecule has 3 N–H and O–H groups in total. The van der Waals surface area contributed by atoms with Gasteiger partial charge in [-0.2, -0.15) is 0 Å². The third-order valence-electron chi connectivity index (χ3n) is 3.43. The van der Waals surface area contributed by atoms with E-state index in [4.69, 9.17) is 22.4 Å². The molecule has 3 rings (SSSR count). The van der Waals surface area contributed by atoms with Crippen LogP contribution in [0.1, 0.15) is 10.4 Å². The van der Waals surface area contributed by atoms with Crippen LogP contribution in [0.2, 0.25) is 5.02 Å². The molecule has 2 heterocycles. The molecule has 0 amide bonds. The van der Waals surface area contributed by atoms with Crippen LogP contribution in [0.25, 0.3) is 16.7 Å². The molecule has 0 aliphatic carbocycles. The number of nitrogens with two attached hydrogens (primary N) is 1. The Hall–Kier alpha value is -3.07. The van der Waals surface area contributed by atoms with E-state index in [9.17, 15) is 22.8 Å². The largest absolute Gasteiger partial charge is 0.477 e. The van der Waals surface area contributed by atoms with Crippen molar-refractivity contribution in [1.82, 2.24) is 9.55 Å². The van der Waals surface area contributed by atoms with Gasteiger partial charge >= 0.3 is 5.97 Å². The summed E-state index contributed by atoms with van der Waals surface area (Å²) in [5.74, 6) is -6.18. The van der Waals surface area contributed by atoms with Crippen LogP contribution in [0.5, 0.6) is 0 Å². The number of benzene rings is 1. The lowest BCUT2D eigenvalue weighted by Crippen LogP contribution is -2.20. The molecule has 128 valence electrons. The Balaban J connectivity index is 2.60. The van der Waals surface area contributed by atoms with E-state index in [2.05, 4.69) is 4.98 Å². The van der Waals surface area contributed by atoms with Gasteiger partial charge in [-0.25, -0.2) is 22.9 Å². The maximum atomic E-state index is 14.2. The van der Waals surface area contributed by atoms with Crippen molar-refractivity contribution in [3.8, 4) is 5.82 Å². The average Bonchev–Trinajstić information content (AvgIpc) is 2.55. The van der Waals surface area contributed by atoms with Gasteiger partial charge in [0.15, 0.2) is 23.3 Å². The van der Waals surface area contributed by atoms with Crippen molar-refractivity contribution in [1.29, 1.82) is 0 Å². The number of rotatable bonds is 2. The molecule has 6 nitrogen and oxygen atoms in total. The Kier molecular flexibility index (Phi) is 3.88. The fourth-order valence-corrected chi connectivity index (χ4v) is 2.61. The fraction of sp³-hybridized carbons (Fsp3) is 0. The number of aromatic nitrogens is 2. The first kappa shape index (κ1) is 16.8. The molecule has 3 aromatic rings. The average molecular weight is 370 g/mol. The number of nitrogen functional groups attached to an aromatic ring is 1.